The van der Waals surface area contributed by atoms with E-state index >= 15 is 0 Å². The van der Waals surface area contributed by atoms with E-state index in [-0.39, 0.29) is 18.2 Å². The molecule has 0 bridgehead atoms. The maximum Gasteiger partial charge on any atom is 0.185 e. The number of amidine groups is 1. The van der Waals surface area contributed by atoms with Gasteiger partial charge in [-0.05, 0) is 54.6 Å². The second-order valence-electron chi connectivity index (χ2n) is 8.05. The molecule has 0 atom stereocenters. The summed E-state index contributed by atoms with van der Waals surface area (Å²) in [6.45, 7) is 0.565. The molecule has 0 saturated carbocycles. The average Bonchev–Trinajstić information content (AvgIpc) is 3.35. The van der Waals surface area contributed by atoms with Crippen LogP contribution in [0.4, 0.5) is 15.8 Å². The van der Waals surface area contributed by atoms with Gasteiger partial charge in [0.2, 0.25) is 0 Å². The van der Waals surface area contributed by atoms with Gasteiger partial charge >= 0.3 is 0 Å². The lowest BCUT2D eigenvalue weighted by Crippen LogP contribution is -2.29. The number of furan rings is 1. The summed E-state index contributed by atoms with van der Waals surface area (Å²) in [6, 6.07) is 21.1. The third-order valence-electron chi connectivity index (χ3n) is 5.67. The quantitative estimate of drug-likeness (QED) is 0.317. The number of carbonyl (C=O) groups excluding carboxylic acids is 1. The third-order valence-corrected chi connectivity index (χ3v) is 5.96. The number of anilines is 2. The van der Waals surface area contributed by atoms with Gasteiger partial charge in [-0.3, -0.25) is 4.79 Å². The Balaban J connectivity index is 1.36. The number of nitrogens with one attached hydrogen (secondary N) is 1. The highest BCUT2D eigenvalue weighted by Crippen LogP contribution is 2.33. The SMILES string of the molecule is CN1CN=C(Nc2ccc(OCc3ccccc3F)c(Cl)c2)c2cc(-c3ccc(C=O)o3)ccc21. The molecule has 1 aliphatic rings. The molecule has 8 heteroatoms. The molecule has 0 fully saturated rings. The summed E-state index contributed by atoms with van der Waals surface area (Å²) in [6.07, 6.45) is 0.678. The summed E-state index contributed by atoms with van der Waals surface area (Å²) in [5, 5.41) is 3.73. The van der Waals surface area contributed by atoms with Crippen LogP contribution in [-0.4, -0.2) is 25.8 Å². The van der Waals surface area contributed by atoms with Crippen molar-refractivity contribution in [3.8, 4) is 17.1 Å². The number of nitrogens with zero attached hydrogens (tertiary/aromatic N) is 2. The van der Waals surface area contributed by atoms with Crippen LogP contribution in [0.15, 0.2) is 82.2 Å². The fourth-order valence-electron chi connectivity index (χ4n) is 3.83. The first-order valence-electron chi connectivity index (χ1n) is 10.9. The zero-order valence-corrected chi connectivity index (χ0v) is 19.6. The number of halogens is 2. The molecular weight excluding hydrogens is 469 g/mol. The van der Waals surface area contributed by atoms with Crippen molar-refractivity contribution < 1.29 is 18.3 Å². The Labute approximate surface area is 206 Å². The molecule has 176 valence electrons. The number of hydrogen-bond acceptors (Lipinski definition) is 6. The largest absolute Gasteiger partial charge is 0.487 e. The first-order chi connectivity index (χ1) is 17.0. The van der Waals surface area contributed by atoms with Gasteiger partial charge in [-0.1, -0.05) is 29.8 Å². The molecule has 0 unspecified atom stereocenters. The number of fused-ring (bicyclic) bond motifs is 1. The Morgan fingerprint density at radius 3 is 2.77 bits per heavy atom. The predicted molar refractivity (Wildman–Crippen MR) is 135 cm³/mol. The van der Waals surface area contributed by atoms with E-state index in [0.29, 0.717) is 40.9 Å². The van der Waals surface area contributed by atoms with E-state index in [0.717, 1.165) is 22.5 Å². The van der Waals surface area contributed by atoms with E-state index in [9.17, 15) is 9.18 Å². The molecule has 1 aromatic heterocycles. The van der Waals surface area contributed by atoms with Crippen molar-refractivity contribution >= 4 is 35.1 Å². The molecule has 6 nitrogen and oxygen atoms in total. The van der Waals surface area contributed by atoms with Crippen molar-refractivity contribution in [1.29, 1.82) is 0 Å². The Morgan fingerprint density at radius 1 is 1.14 bits per heavy atom. The number of carbonyl (C=O) groups is 1. The highest BCUT2D eigenvalue weighted by Gasteiger charge is 2.20. The lowest BCUT2D eigenvalue weighted by Gasteiger charge is -2.27. The first kappa shape index (κ1) is 22.7. The molecule has 0 aliphatic carbocycles. The number of benzene rings is 3. The predicted octanol–water partition coefficient (Wildman–Crippen LogP) is 6.40. The van der Waals surface area contributed by atoms with Gasteiger partial charge in [0.1, 0.15) is 36.4 Å². The van der Waals surface area contributed by atoms with Gasteiger partial charge in [-0.25, -0.2) is 9.38 Å². The molecule has 4 aromatic rings. The van der Waals surface area contributed by atoms with Crippen LogP contribution in [0.5, 0.6) is 5.75 Å². The molecule has 0 amide bonds. The van der Waals surface area contributed by atoms with E-state index in [4.69, 9.17) is 20.8 Å². The number of aldehydes is 1. The van der Waals surface area contributed by atoms with Crippen LogP contribution in [0.2, 0.25) is 5.02 Å². The number of ether oxygens (including phenoxy) is 1. The third kappa shape index (κ3) is 4.76. The van der Waals surface area contributed by atoms with Crippen molar-refractivity contribution in [2.45, 2.75) is 6.61 Å². The van der Waals surface area contributed by atoms with Crippen molar-refractivity contribution in [2.75, 3.05) is 23.9 Å². The van der Waals surface area contributed by atoms with E-state index < -0.39 is 0 Å². The summed E-state index contributed by atoms with van der Waals surface area (Å²) < 4.78 is 25.2. The van der Waals surface area contributed by atoms with Gasteiger partial charge in [-0.2, -0.15) is 0 Å². The molecule has 1 N–H and O–H groups in total. The first-order valence-corrected chi connectivity index (χ1v) is 11.3. The fraction of sp³-hybridized carbons (Fsp3) is 0.111. The van der Waals surface area contributed by atoms with Crippen LogP contribution in [0.3, 0.4) is 0 Å². The zero-order valence-electron chi connectivity index (χ0n) is 18.8. The summed E-state index contributed by atoms with van der Waals surface area (Å²) in [5.74, 6) is 1.68. The lowest BCUT2D eigenvalue weighted by molar-refractivity contribution is 0.110. The van der Waals surface area contributed by atoms with Crippen LogP contribution in [0, 0.1) is 5.82 Å². The van der Waals surface area contributed by atoms with E-state index in [1.165, 1.54) is 6.07 Å². The summed E-state index contributed by atoms with van der Waals surface area (Å²) in [4.78, 5) is 17.7. The number of rotatable bonds is 6. The van der Waals surface area contributed by atoms with Crippen LogP contribution in [-0.2, 0) is 6.61 Å². The van der Waals surface area contributed by atoms with E-state index in [1.807, 2.05) is 36.2 Å². The average molecular weight is 490 g/mol. The van der Waals surface area contributed by atoms with Crippen molar-refractivity contribution in [3.63, 3.8) is 0 Å². The Bertz CT molecular complexity index is 1430. The second kappa shape index (κ2) is 9.64. The fourth-order valence-corrected chi connectivity index (χ4v) is 4.07. The zero-order chi connectivity index (χ0) is 24.4. The van der Waals surface area contributed by atoms with Gasteiger partial charge in [0.25, 0.3) is 0 Å². The molecule has 35 heavy (non-hydrogen) atoms. The molecule has 0 radical (unpaired) electrons. The topological polar surface area (TPSA) is 67.1 Å². The maximum absolute atomic E-state index is 13.9. The minimum absolute atomic E-state index is 0.0764. The minimum Gasteiger partial charge on any atom is -0.487 e. The lowest BCUT2D eigenvalue weighted by atomic mass is 10.0. The van der Waals surface area contributed by atoms with Gasteiger partial charge < -0.3 is 19.4 Å². The number of hydrogen-bond donors (Lipinski definition) is 1. The Hall–Kier alpha value is -4.10. The maximum atomic E-state index is 13.9. The van der Waals surface area contributed by atoms with Crippen molar-refractivity contribution in [1.82, 2.24) is 0 Å². The summed E-state index contributed by atoms with van der Waals surface area (Å²) >= 11 is 6.45. The molecule has 2 heterocycles. The monoisotopic (exact) mass is 489 g/mol. The van der Waals surface area contributed by atoms with Gasteiger partial charge in [-0.15, -0.1) is 0 Å². The smallest absolute Gasteiger partial charge is 0.185 e. The van der Waals surface area contributed by atoms with Gasteiger partial charge in [0, 0.05) is 35.1 Å². The Morgan fingerprint density at radius 2 is 2.00 bits per heavy atom. The molecule has 1 aliphatic heterocycles. The van der Waals surface area contributed by atoms with E-state index in [2.05, 4.69) is 10.3 Å². The molecule has 0 spiro atoms. The highest BCUT2D eigenvalue weighted by molar-refractivity contribution is 6.32. The van der Waals surface area contributed by atoms with Crippen molar-refractivity contribution in [3.05, 3.63) is 101 Å². The van der Waals surface area contributed by atoms with Crippen LogP contribution >= 0.6 is 11.6 Å². The van der Waals surface area contributed by atoms with Crippen molar-refractivity contribution in [2.24, 2.45) is 4.99 Å². The standard InChI is InChI=1S/C27H21ClFN3O3/c1-32-16-30-27(21-12-17(6-9-24(21)32)25-11-8-20(14-33)35-25)31-19-7-10-26(22(28)13-19)34-15-18-4-2-3-5-23(18)29/h2-14H,15-16H2,1H3,(H,30,31). The van der Waals surface area contributed by atoms with E-state index in [1.54, 1.807) is 42.5 Å². The van der Waals surface area contributed by atoms with Crippen LogP contribution in [0.25, 0.3) is 11.3 Å². The molecular formula is C27H21ClFN3O3. The minimum atomic E-state index is -0.322. The summed E-state index contributed by atoms with van der Waals surface area (Å²) in [7, 11) is 1.97. The van der Waals surface area contributed by atoms with Gasteiger partial charge in [0.05, 0.1) is 5.02 Å². The molecule has 5 rings (SSSR count). The normalized spacial score (nSPS) is 12.7. The molecule has 3 aromatic carbocycles. The highest BCUT2D eigenvalue weighted by atomic mass is 35.5. The number of aliphatic imine (C=N–C) groups is 1. The molecule has 0 saturated heterocycles. The second-order valence-corrected chi connectivity index (χ2v) is 8.46. The van der Waals surface area contributed by atoms with Crippen LogP contribution in [0.1, 0.15) is 21.7 Å². The summed E-state index contributed by atoms with van der Waals surface area (Å²) in [5.41, 5.74) is 3.90. The Kier molecular flexibility index (Phi) is 6.25. The van der Waals surface area contributed by atoms with Crippen LogP contribution < -0.4 is 15.0 Å². The van der Waals surface area contributed by atoms with Gasteiger partial charge in [0.15, 0.2) is 12.0 Å².